The number of fused-ring (bicyclic) bond motifs is 1. The Kier molecular flexibility index (Phi) is 5.65. The van der Waals surface area contributed by atoms with Gasteiger partial charge in [0.25, 0.3) is 0 Å². The van der Waals surface area contributed by atoms with Gasteiger partial charge in [0.1, 0.15) is 11.5 Å². The lowest BCUT2D eigenvalue weighted by Gasteiger charge is -2.22. The Morgan fingerprint density at radius 3 is 2.97 bits per heavy atom. The molecular formula is C24H27N9. The first-order chi connectivity index (χ1) is 16.1. The molecule has 9 heteroatoms. The quantitative estimate of drug-likeness (QED) is 0.445. The summed E-state index contributed by atoms with van der Waals surface area (Å²) in [5.41, 5.74) is 2.96. The predicted molar refractivity (Wildman–Crippen MR) is 128 cm³/mol. The van der Waals surface area contributed by atoms with Crippen LogP contribution >= 0.6 is 0 Å². The summed E-state index contributed by atoms with van der Waals surface area (Å²) in [6, 6.07) is 8.59. The Labute approximate surface area is 192 Å². The molecule has 0 amide bonds. The highest BCUT2D eigenvalue weighted by Gasteiger charge is 2.32. The molecule has 5 rings (SSSR count). The second-order valence-electron chi connectivity index (χ2n) is 8.77. The maximum atomic E-state index is 9.55. The molecule has 4 aromatic rings. The predicted octanol–water partition coefficient (Wildman–Crippen LogP) is 4.02. The molecule has 4 aromatic heterocycles. The smallest absolute Gasteiger partial charge is 0.227 e. The summed E-state index contributed by atoms with van der Waals surface area (Å²) in [4.78, 5) is 18.9. The number of aromatic amines is 1. The van der Waals surface area contributed by atoms with E-state index in [9.17, 15) is 5.26 Å². The van der Waals surface area contributed by atoms with E-state index in [1.165, 1.54) is 0 Å². The monoisotopic (exact) mass is 441 g/mol. The maximum absolute atomic E-state index is 9.55. The third-order valence-electron chi connectivity index (χ3n) is 6.14. The first kappa shape index (κ1) is 20.9. The van der Waals surface area contributed by atoms with Crippen molar-refractivity contribution in [2.45, 2.75) is 38.8 Å². The number of nitrogens with zero attached hydrogens (tertiary/aromatic N) is 7. The van der Waals surface area contributed by atoms with Gasteiger partial charge in [-0.2, -0.15) is 15.3 Å². The largest absolute Gasteiger partial charge is 0.368 e. The number of rotatable bonds is 7. The van der Waals surface area contributed by atoms with Gasteiger partial charge in [0.15, 0.2) is 0 Å². The van der Waals surface area contributed by atoms with Crippen molar-refractivity contribution in [2.75, 3.05) is 23.3 Å². The summed E-state index contributed by atoms with van der Waals surface area (Å²) in [5, 5.41) is 18.6. The highest BCUT2D eigenvalue weighted by atomic mass is 15.3. The van der Waals surface area contributed by atoms with E-state index < -0.39 is 0 Å². The number of anilines is 2. The molecule has 168 valence electrons. The van der Waals surface area contributed by atoms with Crippen LogP contribution in [0.15, 0.2) is 49.2 Å². The molecular weight excluding hydrogens is 414 g/mol. The topological polar surface area (TPSA) is 111 Å². The van der Waals surface area contributed by atoms with Gasteiger partial charge in [-0.05, 0) is 44.0 Å². The van der Waals surface area contributed by atoms with Crippen molar-refractivity contribution >= 4 is 22.8 Å². The van der Waals surface area contributed by atoms with Crippen LogP contribution in [0, 0.1) is 17.2 Å². The normalized spacial score (nSPS) is 16.9. The van der Waals surface area contributed by atoms with Crippen LogP contribution in [0.2, 0.25) is 0 Å². The lowest BCUT2D eigenvalue weighted by Crippen LogP contribution is -2.26. The van der Waals surface area contributed by atoms with E-state index in [0.29, 0.717) is 12.5 Å². The number of hydrogen-bond acceptors (Lipinski definition) is 7. The summed E-state index contributed by atoms with van der Waals surface area (Å²) in [6.45, 7) is 5.83. The van der Waals surface area contributed by atoms with Gasteiger partial charge in [0.2, 0.25) is 5.95 Å². The van der Waals surface area contributed by atoms with Gasteiger partial charge in [-0.25, -0.2) is 9.97 Å². The first-order valence-electron chi connectivity index (χ1n) is 11.3. The molecule has 2 N–H and O–H groups in total. The van der Waals surface area contributed by atoms with Gasteiger partial charge in [-0.15, -0.1) is 0 Å². The molecule has 1 saturated heterocycles. The van der Waals surface area contributed by atoms with E-state index in [2.05, 4.69) is 61.4 Å². The van der Waals surface area contributed by atoms with Crippen molar-refractivity contribution in [1.29, 1.82) is 5.26 Å². The molecule has 0 aromatic carbocycles. The van der Waals surface area contributed by atoms with Crippen molar-refractivity contribution in [3.8, 4) is 17.2 Å². The fourth-order valence-corrected chi connectivity index (χ4v) is 4.60. The van der Waals surface area contributed by atoms with Gasteiger partial charge in [0.05, 0.1) is 24.7 Å². The van der Waals surface area contributed by atoms with E-state index in [1.54, 1.807) is 12.4 Å². The average Bonchev–Trinajstić information content (AvgIpc) is 3.58. The number of hydrogen-bond donors (Lipinski definition) is 2. The number of nitrogens with one attached hydrogen (secondary N) is 2. The van der Waals surface area contributed by atoms with Gasteiger partial charge in [-0.3, -0.25) is 4.68 Å². The molecule has 0 spiro atoms. The van der Waals surface area contributed by atoms with Crippen LogP contribution in [-0.2, 0) is 0 Å². The molecule has 9 nitrogen and oxygen atoms in total. The fraction of sp³-hybridized carbons (Fsp3) is 0.375. The number of H-pyrrole nitrogens is 1. The molecule has 0 aliphatic carbocycles. The van der Waals surface area contributed by atoms with Gasteiger partial charge in [-0.1, -0.05) is 0 Å². The molecule has 1 aliphatic heterocycles. The van der Waals surface area contributed by atoms with Crippen LogP contribution in [0.4, 0.5) is 11.8 Å². The molecule has 1 aliphatic rings. The zero-order valence-electron chi connectivity index (χ0n) is 18.8. The van der Waals surface area contributed by atoms with Crippen molar-refractivity contribution < 1.29 is 0 Å². The number of nitriles is 1. The molecule has 0 saturated carbocycles. The Hall–Kier alpha value is -3.93. The van der Waals surface area contributed by atoms with Crippen LogP contribution in [-0.4, -0.2) is 48.8 Å². The van der Waals surface area contributed by atoms with E-state index in [1.807, 2.05) is 35.3 Å². The van der Waals surface area contributed by atoms with Gasteiger partial charge < -0.3 is 15.2 Å². The van der Waals surface area contributed by atoms with E-state index in [-0.39, 0.29) is 12.0 Å². The minimum atomic E-state index is -0.00530. The molecule has 2 atom stereocenters. The first-order valence-corrected chi connectivity index (χ1v) is 11.3. The van der Waals surface area contributed by atoms with Crippen LogP contribution < -0.4 is 10.2 Å². The second kappa shape index (κ2) is 8.90. The standard InChI is InChI=1S/C24H27N9/c1-16(2)30-22-6-11-28-24(31-22)32-12-7-17(14-32)21(3-8-25)33-15-18(13-29-33)19-4-9-26-23-20(19)5-10-27-23/h4-6,9-11,13,15-17,21H,3,7,12,14H2,1-2H3,(H,26,27)(H,28,30,31). The highest BCUT2D eigenvalue weighted by Crippen LogP contribution is 2.34. The Balaban J connectivity index is 1.36. The molecule has 1 fully saturated rings. The summed E-state index contributed by atoms with van der Waals surface area (Å²) in [5.74, 6) is 1.84. The summed E-state index contributed by atoms with van der Waals surface area (Å²) in [6.07, 6.45) is 10.8. The Morgan fingerprint density at radius 1 is 1.24 bits per heavy atom. The summed E-state index contributed by atoms with van der Waals surface area (Å²) >= 11 is 0. The third-order valence-corrected chi connectivity index (χ3v) is 6.14. The van der Waals surface area contributed by atoms with Crippen molar-refractivity contribution in [1.82, 2.24) is 29.7 Å². The summed E-state index contributed by atoms with van der Waals surface area (Å²) < 4.78 is 1.96. The van der Waals surface area contributed by atoms with E-state index in [4.69, 9.17) is 0 Å². The van der Waals surface area contributed by atoms with E-state index in [0.717, 1.165) is 53.4 Å². The minimum Gasteiger partial charge on any atom is -0.368 e. The number of pyridine rings is 1. The second-order valence-corrected chi connectivity index (χ2v) is 8.77. The maximum Gasteiger partial charge on any atom is 0.227 e. The van der Waals surface area contributed by atoms with Crippen molar-refractivity contribution in [2.24, 2.45) is 5.92 Å². The molecule has 5 heterocycles. The van der Waals surface area contributed by atoms with Crippen molar-refractivity contribution in [3.05, 3.63) is 49.2 Å². The highest BCUT2D eigenvalue weighted by molar-refractivity contribution is 5.92. The lowest BCUT2D eigenvalue weighted by molar-refractivity contribution is 0.332. The van der Waals surface area contributed by atoms with Gasteiger partial charge >= 0.3 is 0 Å². The Morgan fingerprint density at radius 2 is 2.12 bits per heavy atom. The van der Waals surface area contributed by atoms with Gasteiger partial charge in [0, 0.05) is 60.8 Å². The minimum absolute atomic E-state index is 0.00530. The molecule has 2 unspecified atom stereocenters. The molecule has 33 heavy (non-hydrogen) atoms. The van der Waals surface area contributed by atoms with E-state index >= 15 is 0 Å². The van der Waals surface area contributed by atoms with Crippen LogP contribution in [0.25, 0.3) is 22.2 Å². The van der Waals surface area contributed by atoms with Crippen LogP contribution in [0.5, 0.6) is 0 Å². The average molecular weight is 442 g/mol. The number of aromatic nitrogens is 6. The van der Waals surface area contributed by atoms with Crippen LogP contribution in [0.1, 0.15) is 32.7 Å². The van der Waals surface area contributed by atoms with Crippen molar-refractivity contribution in [3.63, 3.8) is 0 Å². The Bertz CT molecular complexity index is 1280. The SMILES string of the molecule is CC(C)Nc1ccnc(N2CCC(C(CC#N)n3cc(-c4ccnc5[nH]ccc45)cn3)C2)n1. The fourth-order valence-electron chi connectivity index (χ4n) is 4.60. The summed E-state index contributed by atoms with van der Waals surface area (Å²) in [7, 11) is 0. The molecule has 0 radical (unpaired) electrons. The zero-order chi connectivity index (χ0) is 22.8. The zero-order valence-corrected chi connectivity index (χ0v) is 18.8. The van der Waals surface area contributed by atoms with Crippen LogP contribution in [0.3, 0.4) is 0 Å². The molecule has 0 bridgehead atoms. The lowest BCUT2D eigenvalue weighted by atomic mass is 9.96. The third kappa shape index (κ3) is 4.24.